The second-order valence-electron chi connectivity index (χ2n) is 6.37. The molecule has 0 saturated carbocycles. The van der Waals surface area contributed by atoms with E-state index in [0.29, 0.717) is 18.5 Å². The maximum atomic E-state index is 12.1. The molecule has 0 aromatic rings. The molecule has 0 bridgehead atoms. The molecule has 114 valence electrons. The van der Waals surface area contributed by atoms with Gasteiger partial charge in [0.1, 0.15) is 11.4 Å². The van der Waals surface area contributed by atoms with Gasteiger partial charge in [0.15, 0.2) is 5.78 Å². The number of rotatable bonds is 1. The molecule has 1 heterocycles. The zero-order valence-electron chi connectivity index (χ0n) is 12.7. The van der Waals surface area contributed by atoms with Gasteiger partial charge in [-0.05, 0) is 20.8 Å². The second kappa shape index (κ2) is 5.84. The van der Waals surface area contributed by atoms with E-state index in [-0.39, 0.29) is 24.5 Å². The zero-order valence-corrected chi connectivity index (χ0v) is 12.7. The number of ketones is 2. The molecule has 1 amide bonds. The first-order valence-electron chi connectivity index (χ1n) is 7.18. The van der Waals surface area contributed by atoms with Gasteiger partial charge in [0, 0.05) is 31.5 Å². The lowest BCUT2D eigenvalue weighted by Gasteiger charge is -2.34. The summed E-state index contributed by atoms with van der Waals surface area (Å²) in [5.41, 5.74) is -0.0628. The van der Waals surface area contributed by atoms with Crippen LogP contribution >= 0.6 is 0 Å². The molecule has 5 nitrogen and oxygen atoms in total. The molecule has 0 aromatic carbocycles. The third-order valence-corrected chi connectivity index (χ3v) is 3.48. The Morgan fingerprint density at radius 3 is 2.67 bits per heavy atom. The maximum Gasteiger partial charge on any atom is 0.410 e. The molecule has 1 fully saturated rings. The van der Waals surface area contributed by atoms with Gasteiger partial charge >= 0.3 is 6.09 Å². The third-order valence-electron chi connectivity index (χ3n) is 3.48. The summed E-state index contributed by atoms with van der Waals surface area (Å²) in [6, 6.07) is 0. The Hall–Kier alpha value is -1.91. The number of carbonyl (C=O) groups is 3. The van der Waals surface area contributed by atoms with E-state index in [4.69, 9.17) is 4.74 Å². The van der Waals surface area contributed by atoms with Crippen molar-refractivity contribution >= 4 is 17.7 Å². The van der Waals surface area contributed by atoms with Crippen LogP contribution in [0.1, 0.15) is 33.6 Å². The number of amides is 1. The number of carbonyl (C=O) groups excluding carboxylic acids is 3. The van der Waals surface area contributed by atoms with Crippen LogP contribution in [0.15, 0.2) is 23.8 Å². The molecule has 1 aliphatic carbocycles. The second-order valence-corrected chi connectivity index (χ2v) is 6.37. The molecule has 1 saturated heterocycles. The van der Waals surface area contributed by atoms with Crippen LogP contribution in [-0.2, 0) is 14.3 Å². The number of Topliss-reactive ketones (excluding diaryl/α,β-unsaturated/α-hetero) is 2. The Morgan fingerprint density at radius 1 is 1.33 bits per heavy atom. The summed E-state index contributed by atoms with van der Waals surface area (Å²) in [4.78, 5) is 37.7. The van der Waals surface area contributed by atoms with Gasteiger partial charge in [-0.3, -0.25) is 9.59 Å². The van der Waals surface area contributed by atoms with E-state index in [1.54, 1.807) is 39.0 Å². The van der Waals surface area contributed by atoms with Crippen molar-refractivity contribution in [1.29, 1.82) is 0 Å². The Kier molecular flexibility index (Phi) is 4.30. The Bertz CT molecular complexity index is 525. The lowest BCUT2D eigenvalue weighted by atomic mass is 9.84. The van der Waals surface area contributed by atoms with Crippen LogP contribution in [-0.4, -0.2) is 41.3 Å². The predicted molar refractivity (Wildman–Crippen MR) is 77.8 cm³/mol. The van der Waals surface area contributed by atoms with Gasteiger partial charge in [0.2, 0.25) is 0 Å². The number of hydrogen-bond donors (Lipinski definition) is 0. The summed E-state index contributed by atoms with van der Waals surface area (Å²) in [6.07, 6.45) is 5.40. The van der Waals surface area contributed by atoms with Gasteiger partial charge < -0.3 is 9.64 Å². The molecule has 21 heavy (non-hydrogen) atoms. The fourth-order valence-corrected chi connectivity index (χ4v) is 2.47. The zero-order chi connectivity index (χ0) is 15.6. The SMILES string of the molecule is CC(C)(C)OC(=O)N1CCC(=O)C(C2=CC=CCC2=O)C1. The Labute approximate surface area is 124 Å². The minimum atomic E-state index is -0.573. The first-order chi connectivity index (χ1) is 9.78. The lowest BCUT2D eigenvalue weighted by Crippen LogP contribution is -2.47. The molecule has 1 aliphatic heterocycles. The van der Waals surface area contributed by atoms with Crippen LogP contribution in [0.3, 0.4) is 0 Å². The van der Waals surface area contributed by atoms with Crippen molar-refractivity contribution in [2.24, 2.45) is 5.92 Å². The molecule has 2 aliphatic rings. The molecule has 0 N–H and O–H groups in total. The van der Waals surface area contributed by atoms with Crippen LogP contribution in [0.5, 0.6) is 0 Å². The number of likely N-dealkylation sites (tertiary alicyclic amines) is 1. The van der Waals surface area contributed by atoms with E-state index in [2.05, 4.69) is 0 Å². The van der Waals surface area contributed by atoms with E-state index in [0.717, 1.165) is 0 Å². The van der Waals surface area contributed by atoms with Gasteiger partial charge in [-0.15, -0.1) is 0 Å². The number of hydrogen-bond acceptors (Lipinski definition) is 4. The van der Waals surface area contributed by atoms with Crippen molar-refractivity contribution in [1.82, 2.24) is 4.90 Å². The molecular weight excluding hydrogens is 270 g/mol. The highest BCUT2D eigenvalue weighted by Gasteiger charge is 2.36. The minimum Gasteiger partial charge on any atom is -0.444 e. The van der Waals surface area contributed by atoms with E-state index in [1.165, 1.54) is 4.90 Å². The van der Waals surface area contributed by atoms with Crippen LogP contribution in [0.2, 0.25) is 0 Å². The number of allylic oxidation sites excluding steroid dienone is 3. The van der Waals surface area contributed by atoms with Crippen LogP contribution < -0.4 is 0 Å². The monoisotopic (exact) mass is 291 g/mol. The van der Waals surface area contributed by atoms with Gasteiger partial charge in [-0.25, -0.2) is 4.79 Å². The fraction of sp³-hybridized carbons (Fsp3) is 0.562. The average molecular weight is 291 g/mol. The topological polar surface area (TPSA) is 63.7 Å². The smallest absolute Gasteiger partial charge is 0.410 e. The molecule has 0 radical (unpaired) electrons. The largest absolute Gasteiger partial charge is 0.444 e. The Morgan fingerprint density at radius 2 is 2.05 bits per heavy atom. The minimum absolute atomic E-state index is 0.0182. The van der Waals surface area contributed by atoms with Gasteiger partial charge in [0.05, 0.1) is 5.92 Å². The summed E-state index contributed by atoms with van der Waals surface area (Å²) < 4.78 is 5.33. The van der Waals surface area contributed by atoms with E-state index < -0.39 is 17.6 Å². The number of ether oxygens (including phenoxy) is 1. The van der Waals surface area contributed by atoms with Crippen LogP contribution in [0, 0.1) is 5.92 Å². The molecule has 5 heteroatoms. The highest BCUT2D eigenvalue weighted by molar-refractivity contribution is 6.04. The van der Waals surface area contributed by atoms with Crippen LogP contribution in [0.4, 0.5) is 4.79 Å². The maximum absolute atomic E-state index is 12.1. The van der Waals surface area contributed by atoms with Crippen molar-refractivity contribution in [3.8, 4) is 0 Å². The molecule has 2 rings (SSSR count). The molecule has 0 spiro atoms. The first kappa shape index (κ1) is 15.5. The van der Waals surface area contributed by atoms with Crippen molar-refractivity contribution in [3.05, 3.63) is 23.8 Å². The first-order valence-corrected chi connectivity index (χ1v) is 7.18. The van der Waals surface area contributed by atoms with Gasteiger partial charge in [-0.2, -0.15) is 0 Å². The summed E-state index contributed by atoms with van der Waals surface area (Å²) in [6.45, 7) is 5.97. The predicted octanol–water partition coefficient (Wildman–Crippen LogP) is 2.27. The highest BCUT2D eigenvalue weighted by Crippen LogP contribution is 2.25. The lowest BCUT2D eigenvalue weighted by molar-refractivity contribution is -0.127. The van der Waals surface area contributed by atoms with Crippen molar-refractivity contribution in [2.45, 2.75) is 39.2 Å². The Balaban J connectivity index is 2.11. The normalized spacial score (nSPS) is 23.1. The molecule has 0 aromatic heterocycles. The molecule has 1 unspecified atom stereocenters. The fourth-order valence-electron chi connectivity index (χ4n) is 2.47. The van der Waals surface area contributed by atoms with Gasteiger partial charge in [-0.1, -0.05) is 18.2 Å². The standard InChI is InChI=1S/C16H21NO4/c1-16(2,3)21-15(20)17-9-8-14(19)12(10-17)11-6-4-5-7-13(11)18/h4-6,12H,7-10H2,1-3H3. The third kappa shape index (κ3) is 3.80. The van der Waals surface area contributed by atoms with Crippen LogP contribution in [0.25, 0.3) is 0 Å². The number of nitrogens with zero attached hydrogens (tertiary/aromatic N) is 1. The molecular formula is C16H21NO4. The summed E-state index contributed by atoms with van der Waals surface area (Å²) in [5, 5.41) is 0. The summed E-state index contributed by atoms with van der Waals surface area (Å²) >= 11 is 0. The van der Waals surface area contributed by atoms with Crippen molar-refractivity contribution in [2.75, 3.05) is 13.1 Å². The van der Waals surface area contributed by atoms with E-state index in [1.807, 2.05) is 0 Å². The van der Waals surface area contributed by atoms with E-state index >= 15 is 0 Å². The highest BCUT2D eigenvalue weighted by atomic mass is 16.6. The molecule has 1 atom stereocenters. The summed E-state index contributed by atoms with van der Waals surface area (Å²) in [7, 11) is 0. The van der Waals surface area contributed by atoms with Gasteiger partial charge in [0.25, 0.3) is 0 Å². The van der Waals surface area contributed by atoms with Crippen molar-refractivity contribution in [3.63, 3.8) is 0 Å². The quantitative estimate of drug-likeness (QED) is 0.743. The summed E-state index contributed by atoms with van der Waals surface area (Å²) in [5.74, 6) is -0.546. The average Bonchev–Trinajstić information content (AvgIpc) is 2.38. The van der Waals surface area contributed by atoms with Crippen molar-refractivity contribution < 1.29 is 19.1 Å². The van der Waals surface area contributed by atoms with E-state index in [9.17, 15) is 14.4 Å². The number of piperidine rings is 1.